The molecule has 0 saturated carbocycles. The Morgan fingerprint density at radius 2 is 1.97 bits per heavy atom. The average Bonchev–Trinajstić information content (AvgIpc) is 3.60. The maximum atomic E-state index is 13.1. The van der Waals surface area contributed by atoms with E-state index in [2.05, 4.69) is 41.4 Å². The van der Waals surface area contributed by atoms with Gasteiger partial charge in [-0.05, 0) is 51.1 Å². The van der Waals surface area contributed by atoms with E-state index in [9.17, 15) is 19.2 Å². The van der Waals surface area contributed by atoms with Crippen molar-refractivity contribution in [2.75, 3.05) is 25.0 Å². The molecule has 1 atom stereocenters. The monoisotopic (exact) mass is 508 g/mol. The summed E-state index contributed by atoms with van der Waals surface area (Å²) in [5.41, 5.74) is 3.26. The van der Waals surface area contributed by atoms with Crippen LogP contribution in [0.5, 0.6) is 0 Å². The van der Waals surface area contributed by atoms with Gasteiger partial charge in [0.2, 0.25) is 5.91 Å². The number of piperidine rings is 1. The Kier molecular flexibility index (Phi) is 6.86. The van der Waals surface area contributed by atoms with E-state index in [0.29, 0.717) is 45.9 Å². The maximum Gasteiger partial charge on any atom is 0.306 e. The third-order valence-corrected chi connectivity index (χ3v) is 6.44. The van der Waals surface area contributed by atoms with Gasteiger partial charge in [0.25, 0.3) is 11.8 Å². The third kappa shape index (κ3) is 5.45. The summed E-state index contributed by atoms with van der Waals surface area (Å²) < 4.78 is 4.89. The molecule has 1 aromatic carbocycles. The normalized spacial score (nSPS) is 18.0. The van der Waals surface area contributed by atoms with Crippen LogP contribution in [-0.4, -0.2) is 75.6 Å². The van der Waals surface area contributed by atoms with Gasteiger partial charge < -0.3 is 31.0 Å². The van der Waals surface area contributed by atoms with E-state index in [-0.39, 0.29) is 24.9 Å². The van der Waals surface area contributed by atoms with Crippen molar-refractivity contribution < 1.29 is 23.9 Å². The van der Waals surface area contributed by atoms with Crippen molar-refractivity contribution in [1.82, 2.24) is 36.1 Å². The standard InChI is InChI=1S/C24H28N8O5/c1-12-20(24(36)28-13-6-8-25-9-7-13)21(32-31-12)22-29-15-3-2-14(10-16(15)30-22)27-18(33)11-26-23(35)17-4-5-19(34)37-17/h2-3,10,13,17,25H,4-9,11H2,1H3,(H,26,35)(H,27,33)(H,28,36)(H,29,30)(H,31,32). The molecule has 4 heterocycles. The first kappa shape index (κ1) is 24.4. The van der Waals surface area contributed by atoms with Gasteiger partial charge in [-0.2, -0.15) is 5.10 Å². The van der Waals surface area contributed by atoms with Gasteiger partial charge in [-0.3, -0.25) is 24.3 Å². The van der Waals surface area contributed by atoms with Crippen molar-refractivity contribution in [3.8, 4) is 11.5 Å². The van der Waals surface area contributed by atoms with E-state index < -0.39 is 23.9 Å². The molecule has 1 unspecified atom stereocenters. The summed E-state index contributed by atoms with van der Waals surface area (Å²) in [5.74, 6) is -1.13. The van der Waals surface area contributed by atoms with Gasteiger partial charge in [0.1, 0.15) is 5.69 Å². The Bertz CT molecular complexity index is 1360. The molecule has 5 rings (SSSR count). The number of esters is 1. The Labute approximate surface area is 211 Å². The lowest BCUT2D eigenvalue weighted by Crippen LogP contribution is -2.42. The van der Waals surface area contributed by atoms with Crippen LogP contribution in [0.3, 0.4) is 0 Å². The maximum absolute atomic E-state index is 13.1. The molecule has 2 saturated heterocycles. The number of nitrogens with one attached hydrogen (secondary N) is 6. The number of imidazole rings is 1. The van der Waals surface area contributed by atoms with E-state index in [4.69, 9.17) is 4.74 Å². The van der Waals surface area contributed by atoms with Crippen molar-refractivity contribution in [3.05, 3.63) is 29.5 Å². The molecule has 3 amide bonds. The highest BCUT2D eigenvalue weighted by Gasteiger charge is 2.30. The van der Waals surface area contributed by atoms with Crippen LogP contribution >= 0.6 is 0 Å². The summed E-state index contributed by atoms with van der Waals surface area (Å²) in [7, 11) is 0. The Balaban J connectivity index is 1.25. The van der Waals surface area contributed by atoms with Gasteiger partial charge >= 0.3 is 5.97 Å². The summed E-state index contributed by atoms with van der Waals surface area (Å²) in [6.45, 7) is 3.26. The fraction of sp³-hybridized carbons (Fsp3) is 0.417. The van der Waals surface area contributed by atoms with Gasteiger partial charge in [0.15, 0.2) is 11.9 Å². The lowest BCUT2D eigenvalue weighted by molar-refractivity contribution is -0.148. The molecule has 194 valence electrons. The number of benzene rings is 1. The van der Waals surface area contributed by atoms with E-state index in [0.717, 1.165) is 25.9 Å². The van der Waals surface area contributed by atoms with Crippen LogP contribution in [0.1, 0.15) is 41.7 Å². The molecule has 6 N–H and O–H groups in total. The predicted molar refractivity (Wildman–Crippen MR) is 133 cm³/mol. The van der Waals surface area contributed by atoms with Gasteiger partial charge in [0, 0.05) is 30.3 Å². The number of fused-ring (bicyclic) bond motifs is 1. The number of carbonyl (C=O) groups is 4. The summed E-state index contributed by atoms with van der Waals surface area (Å²) in [6.07, 6.45) is 1.39. The lowest BCUT2D eigenvalue weighted by Gasteiger charge is -2.23. The number of aryl methyl sites for hydroxylation is 1. The van der Waals surface area contributed by atoms with Crippen molar-refractivity contribution in [2.45, 2.75) is 44.8 Å². The van der Waals surface area contributed by atoms with Crippen molar-refractivity contribution in [2.24, 2.45) is 0 Å². The zero-order valence-electron chi connectivity index (χ0n) is 20.3. The van der Waals surface area contributed by atoms with Crippen LogP contribution < -0.4 is 21.3 Å². The van der Waals surface area contributed by atoms with Crippen LogP contribution in [0.2, 0.25) is 0 Å². The van der Waals surface area contributed by atoms with E-state index in [1.54, 1.807) is 25.1 Å². The molecule has 13 heteroatoms. The number of aromatic amines is 2. The number of amides is 3. The second-order valence-electron chi connectivity index (χ2n) is 9.17. The van der Waals surface area contributed by atoms with Crippen LogP contribution in [0.15, 0.2) is 18.2 Å². The Morgan fingerprint density at radius 3 is 2.73 bits per heavy atom. The van der Waals surface area contributed by atoms with E-state index in [1.165, 1.54) is 0 Å². The minimum absolute atomic E-state index is 0.107. The third-order valence-electron chi connectivity index (χ3n) is 6.44. The van der Waals surface area contributed by atoms with Crippen LogP contribution in [-0.2, 0) is 19.1 Å². The number of rotatable bonds is 7. The van der Waals surface area contributed by atoms with Gasteiger partial charge in [-0.1, -0.05) is 0 Å². The van der Waals surface area contributed by atoms with E-state index >= 15 is 0 Å². The zero-order valence-corrected chi connectivity index (χ0v) is 20.3. The van der Waals surface area contributed by atoms with Gasteiger partial charge in [-0.25, -0.2) is 4.98 Å². The summed E-state index contributed by atoms with van der Waals surface area (Å²) >= 11 is 0. The Morgan fingerprint density at radius 1 is 1.16 bits per heavy atom. The first-order chi connectivity index (χ1) is 17.9. The summed E-state index contributed by atoms with van der Waals surface area (Å²) in [5, 5.41) is 18.7. The SMILES string of the molecule is Cc1[nH]nc(-c2nc3cc(NC(=O)CNC(=O)C4CCC(=O)O4)ccc3[nH]2)c1C(=O)NC1CCNCC1. The molecule has 0 spiro atoms. The van der Waals surface area contributed by atoms with Crippen molar-refractivity contribution in [3.63, 3.8) is 0 Å². The van der Waals surface area contributed by atoms with Crippen LogP contribution in [0.4, 0.5) is 5.69 Å². The molecule has 2 fully saturated rings. The first-order valence-corrected chi connectivity index (χ1v) is 12.2. The van der Waals surface area contributed by atoms with Crippen LogP contribution in [0, 0.1) is 6.92 Å². The molecule has 2 aromatic heterocycles. The number of ether oxygens (including phenoxy) is 1. The van der Waals surface area contributed by atoms with Gasteiger partial charge in [0.05, 0.1) is 23.1 Å². The number of cyclic esters (lactones) is 1. The molecule has 0 aliphatic carbocycles. The fourth-order valence-corrected chi connectivity index (χ4v) is 4.49. The molecule has 0 bridgehead atoms. The van der Waals surface area contributed by atoms with Crippen LogP contribution in [0.25, 0.3) is 22.6 Å². The number of nitrogens with zero attached hydrogens (tertiary/aromatic N) is 2. The summed E-state index contributed by atoms with van der Waals surface area (Å²) in [4.78, 5) is 56.3. The van der Waals surface area contributed by atoms with E-state index in [1.807, 2.05) is 0 Å². The smallest absolute Gasteiger partial charge is 0.306 e. The minimum Gasteiger partial charge on any atom is -0.452 e. The highest BCUT2D eigenvalue weighted by molar-refractivity contribution is 6.01. The molecule has 13 nitrogen and oxygen atoms in total. The quantitative estimate of drug-likeness (QED) is 0.249. The van der Waals surface area contributed by atoms with Gasteiger partial charge in [-0.15, -0.1) is 0 Å². The number of hydrogen-bond acceptors (Lipinski definition) is 8. The minimum atomic E-state index is -0.851. The highest BCUT2D eigenvalue weighted by Crippen LogP contribution is 2.26. The number of carbonyl (C=O) groups excluding carboxylic acids is 4. The molecular weight excluding hydrogens is 480 g/mol. The Hall–Kier alpha value is -4.26. The number of hydrogen-bond donors (Lipinski definition) is 6. The second kappa shape index (κ2) is 10.4. The second-order valence-corrected chi connectivity index (χ2v) is 9.17. The fourth-order valence-electron chi connectivity index (χ4n) is 4.49. The largest absolute Gasteiger partial charge is 0.452 e. The lowest BCUT2D eigenvalue weighted by atomic mass is 10.1. The average molecular weight is 509 g/mol. The van der Waals surface area contributed by atoms with Crippen molar-refractivity contribution >= 4 is 40.4 Å². The molecule has 2 aliphatic heterocycles. The van der Waals surface area contributed by atoms with Crippen molar-refractivity contribution in [1.29, 1.82) is 0 Å². The summed E-state index contributed by atoms with van der Waals surface area (Å²) in [6, 6.07) is 5.24. The number of anilines is 1. The zero-order chi connectivity index (χ0) is 25.9. The molecule has 37 heavy (non-hydrogen) atoms. The number of aromatic nitrogens is 4. The number of H-pyrrole nitrogens is 2. The first-order valence-electron chi connectivity index (χ1n) is 12.2. The molecule has 0 radical (unpaired) electrons. The molecular formula is C24H28N8O5. The predicted octanol–water partition coefficient (Wildman–Crippen LogP) is 0.504. The molecule has 3 aromatic rings. The highest BCUT2D eigenvalue weighted by atomic mass is 16.6. The topological polar surface area (TPSA) is 183 Å². The molecule has 2 aliphatic rings.